The maximum absolute atomic E-state index is 15.4. The molecule has 2 saturated heterocycles. The van der Waals surface area contributed by atoms with Gasteiger partial charge in [0.05, 0.1) is 11.0 Å². The maximum atomic E-state index is 15.4. The molecule has 0 radical (unpaired) electrons. The molecule has 4 aromatic carbocycles. The van der Waals surface area contributed by atoms with Gasteiger partial charge in [0.2, 0.25) is 17.7 Å². The van der Waals surface area contributed by atoms with Gasteiger partial charge in [-0.1, -0.05) is 30.3 Å². The van der Waals surface area contributed by atoms with Crippen molar-refractivity contribution in [2.24, 2.45) is 7.05 Å². The normalized spacial score (nSPS) is 18.0. The summed E-state index contributed by atoms with van der Waals surface area (Å²) in [6.45, 7) is -0.546. The van der Waals surface area contributed by atoms with Crippen molar-refractivity contribution in [2.75, 3.05) is 16.2 Å². The summed E-state index contributed by atoms with van der Waals surface area (Å²) in [7, 11) is -2.21. The number of carbonyl (C=O) groups is 4. The molecule has 4 amide bonds. The lowest BCUT2D eigenvalue weighted by molar-refractivity contribution is -0.135. The van der Waals surface area contributed by atoms with Crippen LogP contribution in [-0.2, 0) is 32.6 Å². The van der Waals surface area contributed by atoms with Crippen LogP contribution in [0.25, 0.3) is 32.9 Å². The second kappa shape index (κ2) is 12.3. The molecule has 14 nitrogen and oxygen atoms in total. The van der Waals surface area contributed by atoms with Gasteiger partial charge in [-0.2, -0.15) is 0 Å². The molecule has 1 aromatic heterocycles. The minimum atomic E-state index is -3.84. The van der Waals surface area contributed by atoms with Crippen molar-refractivity contribution in [1.29, 1.82) is 0 Å². The van der Waals surface area contributed by atoms with Crippen LogP contribution in [0.15, 0.2) is 71.5 Å². The molecule has 1 unspecified atom stereocenters. The third-order valence-corrected chi connectivity index (χ3v) is 10.4. The standard InChI is InChI=1S/C34H31FN6O8S/c1-39-26-15-20(7-10-24(26)41(34(39)47)25-11-13-29(44)37-33(25)46)19-5-2-18(3-6-19)4-12-28(43)36-22-8-9-23-21(14-22)16-27(42)32(31(23)35)40-17-30(45)38-50(40,48)49/h2-3,5-10,14-16,25,42,48-49H,4,11-13,17H2,1H3,(H,36,43)(H,38,45)(H,37,44,46). The number of amides is 4. The van der Waals surface area contributed by atoms with Gasteiger partial charge in [-0.25, -0.2) is 18.2 Å². The maximum Gasteiger partial charge on any atom is 0.329 e. The van der Waals surface area contributed by atoms with Crippen LogP contribution in [0.4, 0.5) is 15.8 Å². The number of nitrogens with zero attached hydrogens (tertiary/aromatic N) is 3. The number of hydrogen-bond acceptors (Lipinski definition) is 9. The van der Waals surface area contributed by atoms with Gasteiger partial charge in [0.25, 0.3) is 5.91 Å². The number of nitrogens with one attached hydrogen (secondary N) is 3. The Kier molecular flexibility index (Phi) is 8.08. The number of halogens is 1. The van der Waals surface area contributed by atoms with Crippen molar-refractivity contribution in [3.63, 3.8) is 0 Å². The van der Waals surface area contributed by atoms with E-state index in [1.165, 1.54) is 33.4 Å². The molecule has 1 atom stereocenters. The summed E-state index contributed by atoms with van der Waals surface area (Å²) >= 11 is 0. The van der Waals surface area contributed by atoms with Crippen molar-refractivity contribution < 1.29 is 37.8 Å². The third kappa shape index (κ3) is 5.82. The lowest BCUT2D eigenvalue weighted by Crippen LogP contribution is -2.44. The molecule has 0 bridgehead atoms. The Balaban J connectivity index is 1.02. The number of phenols is 1. The van der Waals surface area contributed by atoms with Gasteiger partial charge in [0.15, 0.2) is 5.82 Å². The highest BCUT2D eigenvalue weighted by atomic mass is 32.3. The number of aryl methyl sites for hydroxylation is 2. The highest BCUT2D eigenvalue weighted by Crippen LogP contribution is 2.50. The number of imidazole rings is 1. The first kappa shape index (κ1) is 32.8. The van der Waals surface area contributed by atoms with Crippen LogP contribution in [0.2, 0.25) is 0 Å². The second-order valence-electron chi connectivity index (χ2n) is 12.2. The molecule has 0 saturated carbocycles. The monoisotopic (exact) mass is 702 g/mol. The minimum Gasteiger partial charge on any atom is -0.506 e. The first-order chi connectivity index (χ1) is 23.8. The Morgan fingerprint density at radius 2 is 1.70 bits per heavy atom. The van der Waals surface area contributed by atoms with E-state index in [0.717, 1.165) is 16.7 Å². The first-order valence-corrected chi connectivity index (χ1v) is 17.1. The Morgan fingerprint density at radius 3 is 2.40 bits per heavy atom. The van der Waals surface area contributed by atoms with Crippen LogP contribution in [0, 0.1) is 5.82 Å². The van der Waals surface area contributed by atoms with Gasteiger partial charge in [-0.3, -0.25) is 42.7 Å². The molecule has 258 valence electrons. The topological polar surface area (TPSA) is 195 Å². The molecule has 5 aromatic rings. The van der Waals surface area contributed by atoms with E-state index >= 15 is 4.39 Å². The number of phenolic OH excluding ortho intramolecular Hbond substituents is 1. The van der Waals surface area contributed by atoms with Crippen LogP contribution < -0.4 is 25.4 Å². The van der Waals surface area contributed by atoms with Gasteiger partial charge < -0.3 is 10.4 Å². The fourth-order valence-electron chi connectivity index (χ4n) is 6.44. The fraction of sp³-hybridized carbons (Fsp3) is 0.206. The number of aromatic hydroxyl groups is 1. The van der Waals surface area contributed by atoms with E-state index in [-0.39, 0.29) is 47.5 Å². The van der Waals surface area contributed by atoms with Crippen molar-refractivity contribution >= 4 is 67.8 Å². The predicted octanol–water partition coefficient (Wildman–Crippen LogP) is 4.07. The molecular weight excluding hydrogens is 671 g/mol. The molecule has 0 spiro atoms. The Bertz CT molecular complexity index is 2320. The number of hydrogen-bond donors (Lipinski definition) is 6. The predicted molar refractivity (Wildman–Crippen MR) is 185 cm³/mol. The molecule has 3 heterocycles. The largest absolute Gasteiger partial charge is 0.506 e. The van der Waals surface area contributed by atoms with E-state index < -0.39 is 52.6 Å². The minimum absolute atomic E-state index is 0.0405. The summed E-state index contributed by atoms with van der Waals surface area (Å²) in [6, 6.07) is 17.9. The Labute approximate surface area is 284 Å². The number of anilines is 2. The lowest BCUT2D eigenvalue weighted by Gasteiger charge is -2.36. The Hall–Kier alpha value is -5.71. The van der Waals surface area contributed by atoms with Crippen molar-refractivity contribution in [3.05, 3.63) is 88.6 Å². The van der Waals surface area contributed by atoms with E-state index in [2.05, 4.69) is 10.6 Å². The number of piperidine rings is 1. The van der Waals surface area contributed by atoms with Crippen molar-refractivity contribution in [1.82, 2.24) is 19.2 Å². The molecule has 2 fully saturated rings. The van der Waals surface area contributed by atoms with Gasteiger partial charge in [-0.15, -0.1) is 0 Å². The molecule has 7 rings (SSSR count). The third-order valence-electron chi connectivity index (χ3n) is 8.95. The number of rotatable bonds is 7. The molecule has 16 heteroatoms. The van der Waals surface area contributed by atoms with E-state index in [1.807, 2.05) is 41.1 Å². The zero-order valence-corrected chi connectivity index (χ0v) is 27.3. The van der Waals surface area contributed by atoms with E-state index in [9.17, 15) is 38.2 Å². The van der Waals surface area contributed by atoms with Crippen LogP contribution in [0.3, 0.4) is 0 Å². The highest BCUT2D eigenvalue weighted by molar-refractivity contribution is 8.24. The van der Waals surface area contributed by atoms with Crippen LogP contribution in [0.1, 0.15) is 30.9 Å². The average Bonchev–Trinajstić information content (AvgIpc) is 3.48. The summed E-state index contributed by atoms with van der Waals surface area (Å²) in [5.41, 5.74) is 3.37. The SMILES string of the molecule is Cn1c(=O)n(C2CCC(=O)NC2=O)c2ccc(-c3ccc(CCC(=O)Nc4ccc5c(F)c(N6CC(=O)NS6(O)O)c(O)cc5c4)cc3)cc21. The number of imide groups is 1. The smallest absolute Gasteiger partial charge is 0.329 e. The van der Waals surface area contributed by atoms with Gasteiger partial charge in [-0.05, 0) is 82.3 Å². The molecular formula is C34H31FN6O8S. The Morgan fingerprint density at radius 1 is 0.960 bits per heavy atom. The first-order valence-electron chi connectivity index (χ1n) is 15.6. The quantitative estimate of drug-likeness (QED) is 0.136. The summed E-state index contributed by atoms with van der Waals surface area (Å²) in [5, 5.41) is 15.9. The van der Waals surface area contributed by atoms with E-state index in [0.29, 0.717) is 27.4 Å². The summed E-state index contributed by atoms with van der Waals surface area (Å²) in [5.74, 6) is -3.43. The van der Waals surface area contributed by atoms with Crippen LogP contribution >= 0.6 is 11.0 Å². The molecule has 50 heavy (non-hydrogen) atoms. The molecule has 2 aliphatic rings. The fourth-order valence-corrected chi connectivity index (χ4v) is 7.64. The second-order valence-corrected chi connectivity index (χ2v) is 13.9. The molecule has 6 N–H and O–H groups in total. The van der Waals surface area contributed by atoms with Gasteiger partial charge in [0.1, 0.15) is 24.0 Å². The zero-order valence-electron chi connectivity index (χ0n) is 26.5. The van der Waals surface area contributed by atoms with Crippen molar-refractivity contribution in [3.8, 4) is 16.9 Å². The number of benzene rings is 4. The average molecular weight is 703 g/mol. The van der Waals surface area contributed by atoms with Crippen LogP contribution in [0.5, 0.6) is 5.75 Å². The lowest BCUT2D eigenvalue weighted by atomic mass is 10.0. The number of carbonyl (C=O) groups excluding carboxylic acids is 4. The summed E-state index contributed by atoms with van der Waals surface area (Å²) in [4.78, 5) is 61.7. The van der Waals surface area contributed by atoms with Crippen molar-refractivity contribution in [2.45, 2.75) is 31.7 Å². The molecule has 0 aliphatic carbocycles. The number of fused-ring (bicyclic) bond motifs is 2. The van der Waals surface area contributed by atoms with Crippen LogP contribution in [-0.4, -0.2) is 53.5 Å². The van der Waals surface area contributed by atoms with E-state index in [4.69, 9.17) is 0 Å². The van der Waals surface area contributed by atoms with Gasteiger partial charge >= 0.3 is 5.69 Å². The molecule has 2 aliphatic heterocycles. The van der Waals surface area contributed by atoms with Gasteiger partial charge in [0, 0.05) is 31.0 Å². The highest BCUT2D eigenvalue weighted by Gasteiger charge is 2.38. The summed E-state index contributed by atoms with van der Waals surface area (Å²) < 4.78 is 41.2. The number of aromatic nitrogens is 2. The van der Waals surface area contributed by atoms with E-state index in [1.54, 1.807) is 13.1 Å². The summed E-state index contributed by atoms with van der Waals surface area (Å²) in [6.07, 6.45) is 0.979. The zero-order chi connectivity index (χ0) is 35.5.